The van der Waals surface area contributed by atoms with E-state index >= 15 is 0 Å². The minimum absolute atomic E-state index is 0.100. The van der Waals surface area contributed by atoms with Crippen molar-refractivity contribution in [3.63, 3.8) is 0 Å². The maximum atomic E-state index is 14.1. The van der Waals surface area contributed by atoms with Crippen LogP contribution in [0.15, 0.2) is 0 Å². The number of aliphatic hydroxyl groups is 1. The van der Waals surface area contributed by atoms with E-state index < -0.39 is 13.4 Å². The first-order valence-electron chi connectivity index (χ1n) is 12.1. The Morgan fingerprint density at radius 3 is 1.45 bits per heavy atom. The zero-order valence-corrected chi connectivity index (χ0v) is 21.0. The van der Waals surface area contributed by atoms with Crippen LogP contribution < -0.4 is 0 Å². The molecule has 0 spiro atoms. The first-order chi connectivity index (χ1) is 13.4. The lowest BCUT2D eigenvalue weighted by Crippen LogP contribution is -2.38. The largest absolute Gasteiger partial charge is 0.380 e. The highest BCUT2D eigenvalue weighted by Crippen LogP contribution is 2.60. The molecule has 0 bridgehead atoms. The summed E-state index contributed by atoms with van der Waals surface area (Å²) in [6.07, 6.45) is 6.16. The summed E-state index contributed by atoms with van der Waals surface area (Å²) in [5.74, 6) is 1.54. The Morgan fingerprint density at radius 2 is 1.14 bits per heavy atom. The molecule has 0 aliphatic heterocycles. The molecular formula is C24H47O4P. The SMILES string of the molecule is CC(C)[C@H]1CC[C@@H](C)C[C@H]1OP(=O)(O[C@@H]1C[C@H](C)CC[C@H]1C(C)C)[C@@H](O)C(C)C. The normalized spacial score (nSPS) is 37.1. The minimum Gasteiger partial charge on any atom is -0.380 e. The smallest absolute Gasteiger partial charge is 0.359 e. The average molecular weight is 431 g/mol. The van der Waals surface area contributed by atoms with Crippen molar-refractivity contribution in [2.75, 3.05) is 0 Å². The molecule has 0 radical (unpaired) electrons. The van der Waals surface area contributed by atoms with Crippen LogP contribution in [0.3, 0.4) is 0 Å². The van der Waals surface area contributed by atoms with E-state index in [1.807, 2.05) is 13.8 Å². The van der Waals surface area contributed by atoms with Crippen LogP contribution >= 0.6 is 7.60 Å². The summed E-state index contributed by atoms with van der Waals surface area (Å²) in [7, 11) is -3.66. The quantitative estimate of drug-likeness (QED) is 0.417. The van der Waals surface area contributed by atoms with Gasteiger partial charge in [0, 0.05) is 0 Å². The van der Waals surface area contributed by atoms with E-state index in [1.54, 1.807) is 0 Å². The lowest BCUT2D eigenvalue weighted by Gasteiger charge is -2.43. The van der Waals surface area contributed by atoms with Gasteiger partial charge in [0.2, 0.25) is 0 Å². The van der Waals surface area contributed by atoms with Gasteiger partial charge in [0.05, 0.1) is 12.2 Å². The summed E-state index contributed by atoms with van der Waals surface area (Å²) < 4.78 is 26.9. The molecule has 2 aliphatic carbocycles. The fourth-order valence-electron chi connectivity index (χ4n) is 5.36. The van der Waals surface area contributed by atoms with Gasteiger partial charge in [-0.2, -0.15) is 0 Å². The number of rotatable bonds is 8. The molecule has 0 heterocycles. The van der Waals surface area contributed by atoms with Crippen molar-refractivity contribution in [3.05, 3.63) is 0 Å². The van der Waals surface area contributed by atoms with Crippen LogP contribution in [0.1, 0.15) is 93.9 Å². The molecule has 8 atom stereocenters. The Labute approximate surface area is 180 Å². The summed E-state index contributed by atoms with van der Waals surface area (Å²) in [6, 6.07) is 0. The van der Waals surface area contributed by atoms with E-state index in [2.05, 4.69) is 41.5 Å². The van der Waals surface area contributed by atoms with Crippen LogP contribution in [0.5, 0.6) is 0 Å². The van der Waals surface area contributed by atoms with E-state index in [0.717, 1.165) is 25.7 Å². The number of hydrogen-bond acceptors (Lipinski definition) is 4. The number of hydrogen-bond donors (Lipinski definition) is 1. The fourth-order valence-corrected chi connectivity index (χ4v) is 7.63. The molecule has 29 heavy (non-hydrogen) atoms. The first-order valence-corrected chi connectivity index (χ1v) is 13.7. The highest BCUT2D eigenvalue weighted by Gasteiger charge is 2.46. The summed E-state index contributed by atoms with van der Waals surface area (Å²) in [4.78, 5) is 0. The average Bonchev–Trinajstić information content (AvgIpc) is 2.60. The van der Waals surface area contributed by atoms with Crippen LogP contribution in [-0.4, -0.2) is 23.2 Å². The second kappa shape index (κ2) is 10.6. The Hall–Kier alpha value is 0.110. The molecule has 0 saturated heterocycles. The van der Waals surface area contributed by atoms with Gasteiger partial charge in [0.15, 0.2) is 5.85 Å². The monoisotopic (exact) mass is 430 g/mol. The molecule has 172 valence electrons. The Kier molecular flexibility index (Phi) is 9.29. The maximum absolute atomic E-state index is 14.1. The molecular weight excluding hydrogens is 383 g/mol. The molecule has 2 aliphatic rings. The van der Waals surface area contributed by atoms with Crippen molar-refractivity contribution in [2.45, 2.75) is 112 Å². The Balaban J connectivity index is 2.28. The Morgan fingerprint density at radius 1 is 0.759 bits per heavy atom. The van der Waals surface area contributed by atoms with E-state index in [-0.39, 0.29) is 18.1 Å². The predicted molar refractivity (Wildman–Crippen MR) is 121 cm³/mol. The lowest BCUT2D eigenvalue weighted by atomic mass is 9.75. The van der Waals surface area contributed by atoms with E-state index in [4.69, 9.17) is 9.05 Å². The number of aliphatic hydroxyl groups excluding tert-OH is 1. The van der Waals surface area contributed by atoms with Gasteiger partial charge in [0.25, 0.3) is 0 Å². The summed E-state index contributed by atoms with van der Waals surface area (Å²) >= 11 is 0. The predicted octanol–water partition coefficient (Wildman–Crippen LogP) is 7.11. The minimum atomic E-state index is -3.66. The van der Waals surface area contributed by atoms with Crippen molar-refractivity contribution in [1.82, 2.24) is 0 Å². The lowest BCUT2D eigenvalue weighted by molar-refractivity contribution is -0.0186. The molecule has 2 fully saturated rings. The molecule has 2 rings (SSSR count). The van der Waals surface area contributed by atoms with Crippen molar-refractivity contribution >= 4 is 7.60 Å². The third-order valence-electron chi connectivity index (χ3n) is 7.41. The second-order valence-electron chi connectivity index (χ2n) is 11.1. The summed E-state index contributed by atoms with van der Waals surface area (Å²) in [6.45, 7) is 17.2. The van der Waals surface area contributed by atoms with Crippen LogP contribution in [0.2, 0.25) is 0 Å². The maximum Gasteiger partial charge on any atom is 0.359 e. The zero-order valence-electron chi connectivity index (χ0n) is 20.1. The molecule has 5 heteroatoms. The molecule has 0 aromatic heterocycles. The van der Waals surface area contributed by atoms with E-state index in [9.17, 15) is 9.67 Å². The van der Waals surface area contributed by atoms with Crippen molar-refractivity contribution in [1.29, 1.82) is 0 Å². The third-order valence-corrected chi connectivity index (χ3v) is 9.78. The van der Waals surface area contributed by atoms with Gasteiger partial charge in [-0.3, -0.25) is 4.57 Å². The summed E-state index contributed by atoms with van der Waals surface area (Å²) in [5.41, 5.74) is 0. The van der Waals surface area contributed by atoms with Gasteiger partial charge in [-0.1, -0.05) is 68.2 Å². The van der Waals surface area contributed by atoms with Crippen LogP contribution in [0.4, 0.5) is 0 Å². The first kappa shape index (κ1) is 25.4. The highest BCUT2D eigenvalue weighted by molar-refractivity contribution is 7.54. The standard InChI is InChI=1S/C24H47O4P/c1-15(2)20-11-9-18(7)13-22(20)27-29(26,24(25)17(5)6)28-23-14-19(8)10-12-21(23)16(3)4/h15-25H,9-14H2,1-8H3/t18-,19-,20-,21+,22-,23-,24-,29?/m1/s1. The van der Waals surface area contributed by atoms with Crippen molar-refractivity contribution in [2.24, 2.45) is 41.4 Å². The van der Waals surface area contributed by atoms with Gasteiger partial charge in [-0.15, -0.1) is 0 Å². The zero-order chi connectivity index (χ0) is 21.9. The molecule has 2 saturated carbocycles. The van der Waals surface area contributed by atoms with Crippen LogP contribution in [-0.2, 0) is 13.6 Å². The topological polar surface area (TPSA) is 55.8 Å². The van der Waals surface area contributed by atoms with Gasteiger partial charge in [-0.05, 0) is 67.1 Å². The van der Waals surface area contributed by atoms with Gasteiger partial charge in [0.1, 0.15) is 0 Å². The molecule has 0 amide bonds. The van der Waals surface area contributed by atoms with E-state index in [1.165, 1.54) is 12.8 Å². The fraction of sp³-hybridized carbons (Fsp3) is 1.00. The molecule has 0 aromatic rings. The molecule has 4 nitrogen and oxygen atoms in total. The van der Waals surface area contributed by atoms with Gasteiger partial charge in [-0.25, -0.2) is 0 Å². The summed E-state index contributed by atoms with van der Waals surface area (Å²) in [5, 5.41) is 11.0. The van der Waals surface area contributed by atoms with E-state index in [0.29, 0.717) is 35.5 Å². The molecule has 0 aromatic carbocycles. The molecule has 1 unspecified atom stereocenters. The third kappa shape index (κ3) is 6.55. The van der Waals surface area contributed by atoms with Crippen LogP contribution in [0, 0.1) is 41.4 Å². The van der Waals surface area contributed by atoms with Crippen molar-refractivity contribution in [3.8, 4) is 0 Å². The molecule has 1 N–H and O–H groups in total. The van der Waals surface area contributed by atoms with Gasteiger partial charge < -0.3 is 14.2 Å². The highest BCUT2D eigenvalue weighted by atomic mass is 31.2. The van der Waals surface area contributed by atoms with Crippen molar-refractivity contribution < 1.29 is 18.7 Å². The Bertz CT molecular complexity index is 509. The van der Waals surface area contributed by atoms with Gasteiger partial charge >= 0.3 is 7.60 Å². The van der Waals surface area contributed by atoms with Crippen LogP contribution in [0.25, 0.3) is 0 Å². The second-order valence-corrected chi connectivity index (χ2v) is 13.2.